The molecule has 3 heteroatoms. The van der Waals surface area contributed by atoms with Crippen LogP contribution >= 0.6 is 11.6 Å². The number of hydrogen-bond donors (Lipinski definition) is 0. The molecule has 0 fully saturated rings. The number of aldehydes is 1. The lowest BCUT2D eigenvalue weighted by Gasteiger charge is -2.23. The van der Waals surface area contributed by atoms with Crippen LogP contribution in [0.5, 0.6) is 11.5 Å². The van der Waals surface area contributed by atoms with Crippen LogP contribution in [0.2, 0.25) is 5.02 Å². The van der Waals surface area contributed by atoms with Crippen molar-refractivity contribution in [1.82, 2.24) is 0 Å². The molecule has 0 saturated carbocycles. The molecule has 0 unspecified atom stereocenters. The summed E-state index contributed by atoms with van der Waals surface area (Å²) in [5, 5.41) is 0.395. The van der Waals surface area contributed by atoms with E-state index in [1.807, 2.05) is 12.1 Å². The molecule has 0 spiro atoms. The van der Waals surface area contributed by atoms with Gasteiger partial charge in [0, 0.05) is 11.6 Å². The molecule has 0 aliphatic rings. The van der Waals surface area contributed by atoms with Crippen molar-refractivity contribution in [3.05, 3.63) is 58.6 Å². The Morgan fingerprint density at radius 3 is 2.24 bits per heavy atom. The third kappa shape index (κ3) is 3.64. The molecule has 0 heterocycles. The predicted molar refractivity (Wildman–Crippen MR) is 86.7 cm³/mol. The maximum atomic E-state index is 10.7. The number of halogens is 1. The Balaban J connectivity index is 2.17. The summed E-state index contributed by atoms with van der Waals surface area (Å²) in [7, 11) is 0. The Labute approximate surface area is 130 Å². The smallest absolute Gasteiger partial charge is 0.151 e. The lowest BCUT2D eigenvalue weighted by Crippen LogP contribution is -2.14. The molecule has 21 heavy (non-hydrogen) atoms. The Hall–Kier alpha value is -1.80. The van der Waals surface area contributed by atoms with E-state index in [4.69, 9.17) is 16.3 Å². The Morgan fingerprint density at radius 2 is 1.71 bits per heavy atom. The molecule has 0 aliphatic heterocycles. The van der Waals surface area contributed by atoms with Crippen LogP contribution in [0.4, 0.5) is 0 Å². The zero-order chi connectivity index (χ0) is 15.5. The van der Waals surface area contributed by atoms with Crippen molar-refractivity contribution in [3.63, 3.8) is 0 Å². The van der Waals surface area contributed by atoms with Gasteiger partial charge in [-0.25, -0.2) is 0 Å². The van der Waals surface area contributed by atoms with Crippen LogP contribution in [0, 0.1) is 0 Å². The highest BCUT2D eigenvalue weighted by atomic mass is 35.5. The van der Waals surface area contributed by atoms with Crippen molar-refractivity contribution < 1.29 is 9.53 Å². The van der Waals surface area contributed by atoms with Gasteiger partial charge in [-0.3, -0.25) is 4.79 Å². The number of rotatable bonds is 5. The molecule has 0 aromatic heterocycles. The Morgan fingerprint density at radius 1 is 1.10 bits per heavy atom. The second-order valence-electron chi connectivity index (χ2n) is 5.67. The zero-order valence-electron chi connectivity index (χ0n) is 12.5. The third-order valence-electron chi connectivity index (χ3n) is 3.85. The number of carbonyl (C=O) groups excluding carboxylic acids is 1. The van der Waals surface area contributed by atoms with E-state index in [9.17, 15) is 4.79 Å². The first-order valence-electron chi connectivity index (χ1n) is 6.99. The van der Waals surface area contributed by atoms with Gasteiger partial charge in [-0.2, -0.15) is 0 Å². The summed E-state index contributed by atoms with van der Waals surface area (Å²) in [6.45, 7) is 6.63. The quantitative estimate of drug-likeness (QED) is 0.669. The highest BCUT2D eigenvalue weighted by molar-refractivity contribution is 6.33. The van der Waals surface area contributed by atoms with Gasteiger partial charge in [0.2, 0.25) is 0 Å². The molecule has 0 aliphatic carbocycles. The van der Waals surface area contributed by atoms with E-state index in [2.05, 4.69) is 32.9 Å². The summed E-state index contributed by atoms with van der Waals surface area (Å²) in [5.41, 5.74) is 1.91. The molecule has 0 atom stereocenters. The molecule has 0 amide bonds. The minimum atomic E-state index is 0.160. The van der Waals surface area contributed by atoms with Crippen LogP contribution in [-0.4, -0.2) is 6.29 Å². The van der Waals surface area contributed by atoms with Gasteiger partial charge >= 0.3 is 0 Å². The van der Waals surface area contributed by atoms with Crippen molar-refractivity contribution in [2.45, 2.75) is 32.6 Å². The fraction of sp³-hybridized carbons (Fsp3) is 0.278. The third-order valence-corrected chi connectivity index (χ3v) is 4.18. The lowest BCUT2D eigenvalue weighted by molar-refractivity contribution is 0.112. The SMILES string of the molecule is CCC(C)(C)c1ccc(Oc2ccc(C=O)c(Cl)c2)cc1. The number of benzene rings is 2. The van der Waals surface area contributed by atoms with E-state index in [0.29, 0.717) is 16.3 Å². The molecule has 0 bridgehead atoms. The summed E-state index contributed by atoms with van der Waals surface area (Å²) in [6, 6.07) is 13.1. The summed E-state index contributed by atoms with van der Waals surface area (Å²) in [4.78, 5) is 10.7. The largest absolute Gasteiger partial charge is 0.457 e. The molecule has 0 saturated heterocycles. The molecule has 2 nitrogen and oxygen atoms in total. The van der Waals surface area contributed by atoms with Gasteiger partial charge in [-0.05, 0) is 41.7 Å². The van der Waals surface area contributed by atoms with E-state index >= 15 is 0 Å². The molecule has 110 valence electrons. The monoisotopic (exact) mass is 302 g/mol. The Bertz CT molecular complexity index is 630. The van der Waals surface area contributed by atoms with Crippen molar-refractivity contribution in [3.8, 4) is 11.5 Å². The molecule has 2 aromatic carbocycles. The lowest BCUT2D eigenvalue weighted by atomic mass is 9.82. The summed E-state index contributed by atoms with van der Waals surface area (Å²) in [5.74, 6) is 1.37. The molecule has 2 aromatic rings. The first-order valence-corrected chi connectivity index (χ1v) is 7.37. The summed E-state index contributed by atoms with van der Waals surface area (Å²) >= 11 is 5.99. The van der Waals surface area contributed by atoms with Crippen LogP contribution in [0.1, 0.15) is 43.1 Å². The second-order valence-corrected chi connectivity index (χ2v) is 6.07. The molecule has 0 N–H and O–H groups in total. The van der Waals surface area contributed by atoms with Gasteiger partial charge in [0.05, 0.1) is 5.02 Å². The van der Waals surface area contributed by atoms with Crippen LogP contribution < -0.4 is 4.74 Å². The fourth-order valence-electron chi connectivity index (χ4n) is 1.98. The van der Waals surface area contributed by atoms with Gasteiger partial charge in [0.15, 0.2) is 6.29 Å². The maximum Gasteiger partial charge on any atom is 0.151 e. The summed E-state index contributed by atoms with van der Waals surface area (Å²) in [6.07, 6.45) is 1.81. The summed E-state index contributed by atoms with van der Waals surface area (Å²) < 4.78 is 5.76. The van der Waals surface area contributed by atoms with E-state index in [1.165, 1.54) is 5.56 Å². The van der Waals surface area contributed by atoms with Crippen molar-refractivity contribution in [2.24, 2.45) is 0 Å². The molecular weight excluding hydrogens is 284 g/mol. The number of ether oxygens (including phenoxy) is 1. The number of hydrogen-bond acceptors (Lipinski definition) is 2. The normalized spacial score (nSPS) is 11.2. The second kappa shape index (κ2) is 6.31. The standard InChI is InChI=1S/C18H19ClO2/c1-4-18(2,3)14-6-9-15(10-7-14)21-16-8-5-13(12-20)17(19)11-16/h5-12H,4H2,1-3H3. The average molecular weight is 303 g/mol. The average Bonchev–Trinajstić information content (AvgIpc) is 2.48. The van der Waals surface area contributed by atoms with E-state index < -0.39 is 0 Å². The fourth-order valence-corrected chi connectivity index (χ4v) is 2.20. The van der Waals surface area contributed by atoms with Gasteiger partial charge in [-0.15, -0.1) is 0 Å². The highest BCUT2D eigenvalue weighted by Gasteiger charge is 2.17. The van der Waals surface area contributed by atoms with E-state index in [-0.39, 0.29) is 5.41 Å². The van der Waals surface area contributed by atoms with Crippen LogP contribution in [-0.2, 0) is 5.41 Å². The van der Waals surface area contributed by atoms with Crippen LogP contribution in [0.15, 0.2) is 42.5 Å². The van der Waals surface area contributed by atoms with Gasteiger partial charge in [0.1, 0.15) is 11.5 Å². The van der Waals surface area contributed by atoms with Gasteiger partial charge in [0.25, 0.3) is 0 Å². The zero-order valence-corrected chi connectivity index (χ0v) is 13.3. The van der Waals surface area contributed by atoms with Gasteiger partial charge in [-0.1, -0.05) is 44.5 Å². The predicted octanol–water partition coefficient (Wildman–Crippen LogP) is 5.63. The Kier molecular flexibility index (Phi) is 4.69. The van der Waals surface area contributed by atoms with Crippen LogP contribution in [0.25, 0.3) is 0 Å². The van der Waals surface area contributed by atoms with E-state index in [1.54, 1.807) is 18.2 Å². The van der Waals surface area contributed by atoms with E-state index in [0.717, 1.165) is 18.5 Å². The topological polar surface area (TPSA) is 26.3 Å². The molecular formula is C18H19ClO2. The van der Waals surface area contributed by atoms with Gasteiger partial charge < -0.3 is 4.74 Å². The van der Waals surface area contributed by atoms with Crippen molar-refractivity contribution in [2.75, 3.05) is 0 Å². The molecule has 0 radical (unpaired) electrons. The maximum absolute atomic E-state index is 10.7. The first kappa shape index (κ1) is 15.6. The number of carbonyl (C=O) groups is 1. The van der Waals surface area contributed by atoms with Crippen LogP contribution in [0.3, 0.4) is 0 Å². The van der Waals surface area contributed by atoms with Crippen molar-refractivity contribution in [1.29, 1.82) is 0 Å². The minimum Gasteiger partial charge on any atom is -0.457 e. The minimum absolute atomic E-state index is 0.160. The first-order chi connectivity index (χ1) is 9.96. The highest BCUT2D eigenvalue weighted by Crippen LogP contribution is 2.30. The molecule has 2 rings (SSSR count). The van der Waals surface area contributed by atoms with Crippen molar-refractivity contribution >= 4 is 17.9 Å².